The van der Waals surface area contributed by atoms with E-state index in [0.29, 0.717) is 0 Å². The number of alkyl halides is 1. The molecule has 0 atom stereocenters. The van der Waals surface area contributed by atoms with Gasteiger partial charge in [0.05, 0.1) is 24.5 Å². The normalized spacial score (nSPS) is 11.8. The largest absolute Gasteiger partial charge is 0.744 e. The molecular weight excluding hydrogens is 426 g/mol. The molecule has 0 N–H and O–H groups in total. The third-order valence-electron chi connectivity index (χ3n) is 4.77. The minimum atomic E-state index is -4.27. The topological polar surface area (TPSA) is 57.2 Å². The van der Waals surface area contributed by atoms with Crippen molar-refractivity contribution < 1.29 is 17.5 Å². The Kier molecular flexibility index (Phi) is 14.3. The predicted octanol–water partition coefficient (Wildman–Crippen LogP) is 5.85. The third kappa shape index (κ3) is 11.9. The average molecular weight is 465 g/mol. The summed E-state index contributed by atoms with van der Waals surface area (Å²) >= 11 is 3.76. The molecule has 1 aromatic rings. The van der Waals surface area contributed by atoms with Crippen LogP contribution in [0, 0.1) is 6.92 Å². The Morgan fingerprint density at radius 1 is 0.852 bits per heavy atom. The molecule has 0 aliphatic carbocycles. The maximum atomic E-state index is 10.4. The molecule has 4 nitrogen and oxygen atoms in total. The molecular formula is C21H38BrNO3S. The highest BCUT2D eigenvalue weighted by Crippen LogP contribution is 2.17. The molecule has 0 heterocycles. The van der Waals surface area contributed by atoms with Gasteiger partial charge in [-0.2, -0.15) is 0 Å². The Labute approximate surface area is 175 Å². The van der Waals surface area contributed by atoms with Crippen LogP contribution in [-0.2, 0) is 10.1 Å². The van der Waals surface area contributed by atoms with Gasteiger partial charge in [-0.25, -0.2) is 8.42 Å². The van der Waals surface area contributed by atoms with E-state index in [9.17, 15) is 13.0 Å². The average Bonchev–Trinajstić information content (AvgIpc) is 2.64. The second-order valence-corrected chi connectivity index (χ2v) is 9.19. The van der Waals surface area contributed by atoms with Gasteiger partial charge in [0, 0.05) is 0 Å². The van der Waals surface area contributed by atoms with E-state index in [0.717, 1.165) is 11.0 Å². The fraction of sp³-hybridized carbons (Fsp3) is 0.714. The molecule has 0 amide bonds. The maximum Gasteiger partial charge on any atom is 0.134 e. The van der Waals surface area contributed by atoms with Crippen LogP contribution in [0.3, 0.4) is 0 Å². The fourth-order valence-electron chi connectivity index (χ4n) is 2.90. The Morgan fingerprint density at radius 2 is 1.30 bits per heavy atom. The highest BCUT2D eigenvalue weighted by atomic mass is 79.9. The van der Waals surface area contributed by atoms with Crippen LogP contribution in [0.4, 0.5) is 0 Å². The molecule has 158 valence electrons. The third-order valence-corrected chi connectivity index (χ3v) is 6.68. The first-order chi connectivity index (χ1) is 12.7. The molecule has 6 heteroatoms. The van der Waals surface area contributed by atoms with E-state index < -0.39 is 10.1 Å². The van der Waals surface area contributed by atoms with Gasteiger partial charge in [0.1, 0.15) is 15.6 Å². The van der Waals surface area contributed by atoms with Crippen LogP contribution in [0.25, 0.3) is 0 Å². The number of hydrogen-bond acceptors (Lipinski definition) is 3. The number of benzene rings is 1. The molecule has 0 aliphatic rings. The lowest BCUT2D eigenvalue weighted by atomic mass is 10.2. The lowest BCUT2D eigenvalue weighted by molar-refractivity contribution is -0.915. The van der Waals surface area contributed by atoms with E-state index in [1.807, 2.05) is 6.92 Å². The molecule has 0 radical (unpaired) electrons. The molecule has 0 fully saturated rings. The van der Waals surface area contributed by atoms with Gasteiger partial charge in [-0.05, 0) is 60.7 Å². The van der Waals surface area contributed by atoms with Crippen molar-refractivity contribution in [3.63, 3.8) is 0 Å². The van der Waals surface area contributed by atoms with Crippen LogP contribution < -0.4 is 0 Å². The lowest BCUT2D eigenvalue weighted by Gasteiger charge is -2.37. The SMILES string of the molecule is CCCCC[N+](CBr)(CCCC)CCCC.Cc1ccc(S(=O)(=O)[O-])cc1. The second-order valence-electron chi connectivity index (χ2n) is 7.31. The van der Waals surface area contributed by atoms with Gasteiger partial charge in [-0.1, -0.05) is 57.7 Å². The molecule has 0 aromatic heterocycles. The van der Waals surface area contributed by atoms with E-state index in [-0.39, 0.29) is 4.90 Å². The summed E-state index contributed by atoms with van der Waals surface area (Å²) in [6.45, 7) is 12.8. The van der Waals surface area contributed by atoms with Crippen molar-refractivity contribution in [3.05, 3.63) is 29.8 Å². The van der Waals surface area contributed by atoms with Gasteiger partial charge in [-0.15, -0.1) is 0 Å². The second kappa shape index (κ2) is 14.6. The van der Waals surface area contributed by atoms with E-state index in [1.165, 1.54) is 81.2 Å². The van der Waals surface area contributed by atoms with Gasteiger partial charge in [-0.3, -0.25) is 0 Å². The highest BCUT2D eigenvalue weighted by Gasteiger charge is 2.23. The zero-order chi connectivity index (χ0) is 20.8. The van der Waals surface area contributed by atoms with Crippen molar-refractivity contribution in [1.29, 1.82) is 0 Å². The van der Waals surface area contributed by atoms with Gasteiger partial charge in [0.15, 0.2) is 0 Å². The fourth-order valence-corrected chi connectivity index (χ4v) is 4.13. The number of quaternary nitrogens is 1. The number of aryl methyl sites for hydroxylation is 1. The monoisotopic (exact) mass is 463 g/mol. The summed E-state index contributed by atoms with van der Waals surface area (Å²) in [6.07, 6.45) is 9.54. The van der Waals surface area contributed by atoms with E-state index in [1.54, 1.807) is 12.1 Å². The van der Waals surface area contributed by atoms with Gasteiger partial charge in [0.25, 0.3) is 0 Å². The summed E-state index contributed by atoms with van der Waals surface area (Å²) in [7, 11) is -4.27. The first-order valence-electron chi connectivity index (χ1n) is 10.2. The number of nitrogens with zero attached hydrogens (tertiary/aromatic N) is 1. The van der Waals surface area contributed by atoms with Crippen LogP contribution in [0.15, 0.2) is 29.2 Å². The standard InChI is InChI=1S/C14H31BrN.C7H8O3S/c1-4-7-10-13-16(14-15,11-8-5-2)12-9-6-3;1-6-2-4-7(5-3-6)11(8,9)10/h4-14H2,1-3H3;2-5H,1H3,(H,8,9,10)/q+1;/p-1. The number of hydrogen-bond donors (Lipinski definition) is 0. The molecule has 0 saturated heterocycles. The number of unbranched alkanes of at least 4 members (excludes halogenated alkanes) is 4. The van der Waals surface area contributed by atoms with Gasteiger partial charge in [0.2, 0.25) is 0 Å². The molecule has 1 rings (SSSR count). The van der Waals surface area contributed by atoms with Crippen LogP contribution in [0.2, 0.25) is 0 Å². The minimum Gasteiger partial charge on any atom is -0.744 e. The Morgan fingerprint density at radius 3 is 1.67 bits per heavy atom. The Bertz CT molecular complexity index is 580. The zero-order valence-electron chi connectivity index (χ0n) is 17.5. The van der Waals surface area contributed by atoms with Crippen molar-refractivity contribution in [2.75, 3.05) is 25.1 Å². The van der Waals surface area contributed by atoms with Crippen LogP contribution in [-0.4, -0.2) is 42.5 Å². The summed E-state index contributed by atoms with van der Waals surface area (Å²) < 4.78 is 32.5. The molecule has 0 saturated carbocycles. The maximum absolute atomic E-state index is 10.4. The smallest absolute Gasteiger partial charge is 0.134 e. The van der Waals surface area contributed by atoms with Crippen LogP contribution >= 0.6 is 15.9 Å². The first-order valence-corrected chi connectivity index (χ1v) is 12.7. The minimum absolute atomic E-state index is 0.178. The summed E-state index contributed by atoms with van der Waals surface area (Å²) in [5, 5.41) is 0. The summed E-state index contributed by atoms with van der Waals surface area (Å²) in [4.78, 5) is -0.178. The van der Waals surface area contributed by atoms with Crippen molar-refractivity contribution >= 4 is 26.0 Å². The van der Waals surface area contributed by atoms with Crippen LogP contribution in [0.5, 0.6) is 0 Å². The summed E-state index contributed by atoms with van der Waals surface area (Å²) in [5.74, 6) is 0. The summed E-state index contributed by atoms with van der Waals surface area (Å²) in [5.41, 5.74) is 2.08. The molecule has 27 heavy (non-hydrogen) atoms. The van der Waals surface area contributed by atoms with Crippen molar-refractivity contribution in [1.82, 2.24) is 0 Å². The van der Waals surface area contributed by atoms with Crippen LogP contribution in [0.1, 0.15) is 71.3 Å². The van der Waals surface area contributed by atoms with E-state index >= 15 is 0 Å². The van der Waals surface area contributed by atoms with Gasteiger partial charge < -0.3 is 9.04 Å². The molecule has 1 aromatic carbocycles. The van der Waals surface area contributed by atoms with Gasteiger partial charge >= 0.3 is 0 Å². The molecule has 0 aliphatic heterocycles. The van der Waals surface area contributed by atoms with Crippen molar-refractivity contribution in [2.24, 2.45) is 0 Å². The molecule has 0 bridgehead atoms. The predicted molar refractivity (Wildman–Crippen MR) is 117 cm³/mol. The quantitative estimate of drug-likeness (QED) is 0.128. The van der Waals surface area contributed by atoms with E-state index in [2.05, 4.69) is 36.7 Å². The molecule has 0 unspecified atom stereocenters. The Balaban J connectivity index is 0.000000533. The first kappa shape index (κ1) is 26.6. The highest BCUT2D eigenvalue weighted by molar-refractivity contribution is 9.09. The van der Waals surface area contributed by atoms with E-state index in [4.69, 9.17) is 0 Å². The Hall–Kier alpha value is -0.430. The number of rotatable bonds is 12. The zero-order valence-corrected chi connectivity index (χ0v) is 19.9. The van der Waals surface area contributed by atoms with Crippen molar-refractivity contribution in [2.45, 2.75) is 77.5 Å². The summed E-state index contributed by atoms with van der Waals surface area (Å²) in [6, 6.07) is 5.78. The van der Waals surface area contributed by atoms with Crippen molar-refractivity contribution in [3.8, 4) is 0 Å². The lowest BCUT2D eigenvalue weighted by Crippen LogP contribution is -2.49. The molecule has 0 spiro atoms. The number of halogens is 1.